The van der Waals surface area contributed by atoms with E-state index >= 15 is 0 Å². The van der Waals surface area contributed by atoms with Crippen molar-refractivity contribution in [1.82, 2.24) is 0 Å². The highest BCUT2D eigenvalue weighted by atomic mass is 19.4. The summed E-state index contributed by atoms with van der Waals surface area (Å²) in [5.41, 5.74) is 0. The van der Waals surface area contributed by atoms with Crippen molar-refractivity contribution in [2.75, 3.05) is 6.61 Å². The molecule has 0 atom stereocenters. The summed E-state index contributed by atoms with van der Waals surface area (Å²) < 4.78 is 140. The SMILES string of the molecule is O=COCCC(F)(F)C(F)(F)C(F)(F)C(F)(F)C(F)(F)F. The van der Waals surface area contributed by atoms with Crippen molar-refractivity contribution in [2.45, 2.75) is 36.3 Å². The topological polar surface area (TPSA) is 26.3 Å². The number of halogens is 11. The van der Waals surface area contributed by atoms with Crippen LogP contribution in [0, 0.1) is 0 Å². The molecule has 0 radical (unpaired) electrons. The molecule has 13 heteroatoms. The molecule has 0 aliphatic carbocycles. The molecule has 126 valence electrons. The first-order valence-electron chi connectivity index (χ1n) is 4.69. The summed E-state index contributed by atoms with van der Waals surface area (Å²) in [4.78, 5) is 9.56. The van der Waals surface area contributed by atoms with Crippen LogP contribution in [-0.2, 0) is 9.53 Å². The smallest absolute Gasteiger partial charge is 0.460 e. The Bertz CT molecular complexity index is 373. The molecule has 0 rings (SSSR count). The Hall–Kier alpha value is -1.30. The molecule has 0 saturated carbocycles. The Labute approximate surface area is 108 Å². The first-order chi connectivity index (χ1) is 9.06. The molecule has 0 bridgehead atoms. The maximum atomic E-state index is 12.8. The Kier molecular flexibility index (Phi) is 5.14. The minimum absolute atomic E-state index is 0.545. The number of carbonyl (C=O) groups excluding carboxylic acids is 1. The Morgan fingerprint density at radius 1 is 0.714 bits per heavy atom. The zero-order chi connectivity index (χ0) is 17.3. The largest absolute Gasteiger partial charge is 0.468 e. The number of hydrogen-bond donors (Lipinski definition) is 0. The van der Waals surface area contributed by atoms with Gasteiger partial charge in [0.25, 0.3) is 6.47 Å². The van der Waals surface area contributed by atoms with Gasteiger partial charge in [0.05, 0.1) is 13.0 Å². The van der Waals surface area contributed by atoms with Crippen LogP contribution < -0.4 is 0 Å². The maximum absolute atomic E-state index is 12.8. The van der Waals surface area contributed by atoms with E-state index in [1.807, 2.05) is 0 Å². The van der Waals surface area contributed by atoms with E-state index in [1.54, 1.807) is 0 Å². The highest BCUT2D eigenvalue weighted by molar-refractivity contribution is 5.36. The van der Waals surface area contributed by atoms with Gasteiger partial charge in [-0.2, -0.15) is 48.3 Å². The summed E-state index contributed by atoms with van der Waals surface area (Å²) in [7, 11) is 0. The lowest BCUT2D eigenvalue weighted by molar-refractivity contribution is -0.422. The Morgan fingerprint density at radius 3 is 1.48 bits per heavy atom. The summed E-state index contributed by atoms with van der Waals surface area (Å²) in [6.07, 6.45) is -9.57. The van der Waals surface area contributed by atoms with E-state index in [1.165, 1.54) is 0 Å². The Morgan fingerprint density at radius 2 is 1.14 bits per heavy atom. The summed E-state index contributed by atoms with van der Waals surface area (Å²) >= 11 is 0. The molecule has 0 aromatic carbocycles. The molecule has 0 heterocycles. The zero-order valence-electron chi connectivity index (χ0n) is 9.47. The van der Waals surface area contributed by atoms with Gasteiger partial charge in [-0.25, -0.2) is 0 Å². The predicted molar refractivity (Wildman–Crippen MR) is 42.5 cm³/mol. The van der Waals surface area contributed by atoms with Gasteiger partial charge in [-0.15, -0.1) is 0 Å². The molecule has 0 aromatic rings. The molecule has 0 spiro atoms. The first kappa shape index (κ1) is 19.7. The van der Waals surface area contributed by atoms with Gasteiger partial charge in [0.2, 0.25) is 0 Å². The molecule has 0 amide bonds. The lowest BCUT2D eigenvalue weighted by Crippen LogP contribution is -2.66. The Balaban J connectivity index is 5.60. The summed E-state index contributed by atoms with van der Waals surface area (Å²) in [6.45, 7) is -2.14. The average Bonchev–Trinajstić information content (AvgIpc) is 2.26. The van der Waals surface area contributed by atoms with Crippen molar-refractivity contribution in [3.05, 3.63) is 0 Å². The molecule has 2 nitrogen and oxygen atoms in total. The van der Waals surface area contributed by atoms with Gasteiger partial charge in [-0.1, -0.05) is 0 Å². The summed E-state index contributed by atoms with van der Waals surface area (Å²) in [5, 5.41) is 0. The lowest BCUT2D eigenvalue weighted by Gasteiger charge is -2.37. The molecule has 0 aliphatic heterocycles. The quantitative estimate of drug-likeness (QED) is 0.401. The molecule has 0 saturated heterocycles. The molecule has 0 aliphatic rings. The highest BCUT2D eigenvalue weighted by Crippen LogP contribution is 2.57. The van der Waals surface area contributed by atoms with Crippen LogP contribution in [0.2, 0.25) is 0 Å². The minimum atomic E-state index is -7.43. The van der Waals surface area contributed by atoms with Crippen molar-refractivity contribution in [3.8, 4) is 0 Å². The van der Waals surface area contributed by atoms with Crippen LogP contribution in [0.3, 0.4) is 0 Å². The van der Waals surface area contributed by atoms with E-state index in [0.29, 0.717) is 0 Å². The first-order valence-corrected chi connectivity index (χ1v) is 4.69. The van der Waals surface area contributed by atoms with E-state index in [0.717, 1.165) is 0 Å². The molecule has 0 aromatic heterocycles. The van der Waals surface area contributed by atoms with Crippen molar-refractivity contribution < 1.29 is 57.8 Å². The van der Waals surface area contributed by atoms with Crippen LogP contribution in [-0.4, -0.2) is 42.9 Å². The van der Waals surface area contributed by atoms with Gasteiger partial charge in [-0.3, -0.25) is 4.79 Å². The second-order valence-corrected chi connectivity index (χ2v) is 3.64. The van der Waals surface area contributed by atoms with Crippen molar-refractivity contribution >= 4 is 6.47 Å². The van der Waals surface area contributed by atoms with Crippen LogP contribution in [0.25, 0.3) is 0 Å². The third-order valence-electron chi connectivity index (χ3n) is 2.21. The van der Waals surface area contributed by atoms with Gasteiger partial charge in [0.1, 0.15) is 0 Å². The second-order valence-electron chi connectivity index (χ2n) is 3.64. The predicted octanol–water partition coefficient (Wildman–Crippen LogP) is 3.65. The molecule has 0 fully saturated rings. The standard InChI is InChI=1S/C8H5F11O2/c9-4(10,1-2-21-3-20)5(11,12)6(13,14)7(15,16)8(17,18)19/h3H,1-2H2. The monoisotopic (exact) mass is 342 g/mol. The fraction of sp³-hybridized carbons (Fsp3) is 0.875. The molecular weight excluding hydrogens is 337 g/mol. The minimum Gasteiger partial charge on any atom is -0.468 e. The third-order valence-corrected chi connectivity index (χ3v) is 2.21. The van der Waals surface area contributed by atoms with Gasteiger partial charge in [-0.05, 0) is 0 Å². The lowest BCUT2D eigenvalue weighted by atomic mass is 9.96. The van der Waals surface area contributed by atoms with Crippen LogP contribution in [0.4, 0.5) is 48.3 Å². The number of hydrogen-bond acceptors (Lipinski definition) is 2. The van der Waals surface area contributed by atoms with Crippen LogP contribution in [0.15, 0.2) is 0 Å². The molecule has 21 heavy (non-hydrogen) atoms. The van der Waals surface area contributed by atoms with Crippen LogP contribution in [0.5, 0.6) is 0 Å². The highest BCUT2D eigenvalue weighted by Gasteiger charge is 2.86. The number of carbonyl (C=O) groups is 1. The summed E-state index contributed by atoms with van der Waals surface area (Å²) in [5.74, 6) is -27.9. The van der Waals surface area contributed by atoms with Gasteiger partial charge < -0.3 is 4.74 Å². The van der Waals surface area contributed by atoms with E-state index in [4.69, 9.17) is 0 Å². The van der Waals surface area contributed by atoms with E-state index < -0.39 is 49.4 Å². The fourth-order valence-corrected chi connectivity index (χ4v) is 0.997. The number of ether oxygens (including phenoxy) is 1. The third kappa shape index (κ3) is 3.15. The number of alkyl halides is 11. The summed E-state index contributed by atoms with van der Waals surface area (Å²) in [6, 6.07) is 0. The second kappa shape index (κ2) is 5.48. The average molecular weight is 342 g/mol. The van der Waals surface area contributed by atoms with Gasteiger partial charge >= 0.3 is 29.9 Å². The fourth-order valence-electron chi connectivity index (χ4n) is 0.997. The van der Waals surface area contributed by atoms with E-state index in [9.17, 15) is 53.1 Å². The van der Waals surface area contributed by atoms with E-state index in [2.05, 4.69) is 4.74 Å². The normalized spacial score (nSPS) is 15.0. The van der Waals surface area contributed by atoms with Crippen molar-refractivity contribution in [1.29, 1.82) is 0 Å². The molecule has 0 unspecified atom stereocenters. The van der Waals surface area contributed by atoms with Gasteiger partial charge in [0.15, 0.2) is 0 Å². The van der Waals surface area contributed by atoms with Crippen LogP contribution in [0.1, 0.15) is 6.42 Å². The molecular formula is C8H5F11O2. The van der Waals surface area contributed by atoms with Crippen LogP contribution >= 0.6 is 0 Å². The van der Waals surface area contributed by atoms with Crippen molar-refractivity contribution in [2.24, 2.45) is 0 Å². The van der Waals surface area contributed by atoms with Gasteiger partial charge in [0, 0.05) is 0 Å². The van der Waals surface area contributed by atoms with E-state index in [-0.39, 0.29) is 0 Å². The molecule has 0 N–H and O–H groups in total. The number of rotatable bonds is 7. The maximum Gasteiger partial charge on any atom is 0.460 e. The van der Waals surface area contributed by atoms with Crippen molar-refractivity contribution in [3.63, 3.8) is 0 Å². The zero-order valence-corrected chi connectivity index (χ0v) is 9.47.